The van der Waals surface area contributed by atoms with Gasteiger partial charge in [-0.2, -0.15) is 0 Å². The van der Waals surface area contributed by atoms with E-state index in [4.69, 9.17) is 4.74 Å². The molecular weight excluding hydrogens is 294 g/mol. The molecule has 1 saturated heterocycles. The predicted octanol–water partition coefficient (Wildman–Crippen LogP) is 4.87. The number of benzene rings is 2. The minimum atomic E-state index is 0.376. The Kier molecular flexibility index (Phi) is 4.43. The van der Waals surface area contributed by atoms with E-state index in [1.165, 1.54) is 22.3 Å². The first-order chi connectivity index (χ1) is 11.7. The highest BCUT2D eigenvalue weighted by molar-refractivity contribution is 5.36. The first-order valence-electron chi connectivity index (χ1n) is 9.21. The van der Waals surface area contributed by atoms with Gasteiger partial charge in [0.2, 0.25) is 0 Å². The maximum absolute atomic E-state index is 5.91. The number of ether oxygens (including phenoxy) is 1. The van der Waals surface area contributed by atoms with Crippen molar-refractivity contribution in [2.24, 2.45) is 0 Å². The van der Waals surface area contributed by atoms with E-state index in [0.717, 1.165) is 32.5 Å². The monoisotopic (exact) mass is 321 g/mol. The summed E-state index contributed by atoms with van der Waals surface area (Å²) in [6.07, 6.45) is 3.05. The highest BCUT2D eigenvalue weighted by Gasteiger charge is 2.27. The maximum Gasteiger partial charge on any atom is 0.0556 e. The summed E-state index contributed by atoms with van der Waals surface area (Å²) in [5.41, 5.74) is 5.94. The Morgan fingerprint density at radius 3 is 2.38 bits per heavy atom. The fourth-order valence-corrected chi connectivity index (χ4v) is 4.37. The van der Waals surface area contributed by atoms with E-state index >= 15 is 0 Å². The predicted molar refractivity (Wildman–Crippen MR) is 97.8 cm³/mol. The summed E-state index contributed by atoms with van der Waals surface area (Å²) in [5, 5.41) is 0. The summed E-state index contributed by atoms with van der Waals surface area (Å²) in [5.74, 6) is 0.650. The summed E-state index contributed by atoms with van der Waals surface area (Å²) in [7, 11) is 0. The zero-order chi connectivity index (χ0) is 16.5. The van der Waals surface area contributed by atoms with E-state index in [0.29, 0.717) is 18.1 Å². The average molecular weight is 321 g/mol. The van der Waals surface area contributed by atoms with Crippen molar-refractivity contribution in [2.45, 2.75) is 64.4 Å². The van der Waals surface area contributed by atoms with Crippen LogP contribution >= 0.6 is 0 Å². The fraction of sp³-hybridized carbons (Fsp3) is 0.455. The van der Waals surface area contributed by atoms with Gasteiger partial charge in [-0.1, -0.05) is 48.5 Å². The highest BCUT2D eigenvalue weighted by Crippen LogP contribution is 2.35. The van der Waals surface area contributed by atoms with Gasteiger partial charge >= 0.3 is 0 Å². The molecular formula is C22H27NO. The first-order valence-corrected chi connectivity index (χ1v) is 9.21. The molecule has 2 aliphatic heterocycles. The molecule has 2 aromatic rings. The van der Waals surface area contributed by atoms with Crippen molar-refractivity contribution < 1.29 is 4.74 Å². The van der Waals surface area contributed by atoms with Crippen LogP contribution in [0.4, 0.5) is 0 Å². The van der Waals surface area contributed by atoms with Crippen molar-refractivity contribution in [3.8, 4) is 0 Å². The molecule has 24 heavy (non-hydrogen) atoms. The molecule has 2 heterocycles. The van der Waals surface area contributed by atoms with Crippen molar-refractivity contribution in [3.05, 3.63) is 70.8 Å². The molecule has 0 N–H and O–H groups in total. The third-order valence-corrected chi connectivity index (χ3v) is 5.44. The minimum absolute atomic E-state index is 0.376. The molecule has 0 radical (unpaired) electrons. The Labute approximate surface area is 145 Å². The largest absolute Gasteiger partial charge is 0.376 e. The SMILES string of the molecule is C[C@@H]1CC(c2ccc3c(c2)CN(Cc2ccccc2)C3)C[C@H](C)O1. The van der Waals surface area contributed by atoms with Crippen LogP contribution in [0.15, 0.2) is 48.5 Å². The second kappa shape index (κ2) is 6.70. The number of rotatable bonds is 3. The second-order valence-electron chi connectivity index (χ2n) is 7.58. The van der Waals surface area contributed by atoms with Gasteiger partial charge in [-0.3, -0.25) is 4.90 Å². The summed E-state index contributed by atoms with van der Waals surface area (Å²) >= 11 is 0. The van der Waals surface area contributed by atoms with Gasteiger partial charge in [0.25, 0.3) is 0 Å². The van der Waals surface area contributed by atoms with E-state index in [1.807, 2.05) is 0 Å². The standard InChI is InChI=1S/C22H27NO/c1-16-10-21(11-17(2)24-16)19-8-9-20-14-23(15-22(20)12-19)13-18-6-4-3-5-7-18/h3-9,12,16-17,21H,10-11,13-15H2,1-2H3/t16-,17+,21?. The Hall–Kier alpha value is -1.64. The van der Waals surface area contributed by atoms with Crippen LogP contribution in [0.1, 0.15) is 54.9 Å². The fourth-order valence-electron chi connectivity index (χ4n) is 4.37. The lowest BCUT2D eigenvalue weighted by molar-refractivity contribution is -0.0380. The lowest BCUT2D eigenvalue weighted by atomic mass is 9.85. The van der Waals surface area contributed by atoms with Crippen LogP contribution in [0.5, 0.6) is 0 Å². The van der Waals surface area contributed by atoms with Gasteiger partial charge in [0.1, 0.15) is 0 Å². The first kappa shape index (κ1) is 15.9. The smallest absolute Gasteiger partial charge is 0.0556 e. The second-order valence-corrected chi connectivity index (χ2v) is 7.58. The van der Waals surface area contributed by atoms with Gasteiger partial charge < -0.3 is 4.74 Å². The minimum Gasteiger partial charge on any atom is -0.376 e. The molecule has 0 amide bonds. The molecule has 2 aliphatic rings. The van der Waals surface area contributed by atoms with Crippen molar-refractivity contribution in [3.63, 3.8) is 0 Å². The third-order valence-electron chi connectivity index (χ3n) is 5.44. The van der Waals surface area contributed by atoms with E-state index in [1.54, 1.807) is 0 Å². The third kappa shape index (κ3) is 3.40. The zero-order valence-electron chi connectivity index (χ0n) is 14.7. The molecule has 2 heteroatoms. The molecule has 2 nitrogen and oxygen atoms in total. The van der Waals surface area contributed by atoms with Crippen LogP contribution in [0, 0.1) is 0 Å². The molecule has 0 aliphatic carbocycles. The van der Waals surface area contributed by atoms with E-state index < -0.39 is 0 Å². The molecule has 3 atom stereocenters. The lowest BCUT2D eigenvalue weighted by Crippen LogP contribution is -2.28. The topological polar surface area (TPSA) is 12.5 Å². The molecule has 1 fully saturated rings. The molecule has 0 spiro atoms. The summed E-state index contributed by atoms with van der Waals surface area (Å²) < 4.78 is 5.91. The molecule has 126 valence electrons. The molecule has 0 aromatic heterocycles. The summed E-state index contributed by atoms with van der Waals surface area (Å²) in [4.78, 5) is 2.54. The number of hydrogen-bond acceptors (Lipinski definition) is 2. The van der Waals surface area contributed by atoms with Gasteiger partial charge in [-0.25, -0.2) is 0 Å². The number of fused-ring (bicyclic) bond motifs is 1. The van der Waals surface area contributed by atoms with Crippen LogP contribution in [-0.4, -0.2) is 17.1 Å². The van der Waals surface area contributed by atoms with Crippen LogP contribution < -0.4 is 0 Å². The molecule has 0 saturated carbocycles. The zero-order valence-corrected chi connectivity index (χ0v) is 14.7. The van der Waals surface area contributed by atoms with Gasteiger partial charge in [-0.15, -0.1) is 0 Å². The average Bonchev–Trinajstić information content (AvgIpc) is 2.96. The Morgan fingerprint density at radius 1 is 0.917 bits per heavy atom. The van der Waals surface area contributed by atoms with Crippen molar-refractivity contribution >= 4 is 0 Å². The van der Waals surface area contributed by atoms with Gasteiger partial charge in [0.05, 0.1) is 12.2 Å². The van der Waals surface area contributed by atoms with Crippen molar-refractivity contribution in [1.29, 1.82) is 0 Å². The Balaban J connectivity index is 1.47. The quantitative estimate of drug-likeness (QED) is 0.799. The van der Waals surface area contributed by atoms with Crippen molar-refractivity contribution in [1.82, 2.24) is 4.90 Å². The van der Waals surface area contributed by atoms with Crippen LogP contribution in [0.2, 0.25) is 0 Å². The molecule has 0 bridgehead atoms. The summed E-state index contributed by atoms with van der Waals surface area (Å²) in [6, 6.07) is 18.0. The Morgan fingerprint density at radius 2 is 1.62 bits per heavy atom. The number of nitrogens with zero attached hydrogens (tertiary/aromatic N) is 1. The normalized spacial score (nSPS) is 27.2. The molecule has 1 unspecified atom stereocenters. The van der Waals surface area contributed by atoms with Gasteiger partial charge in [0, 0.05) is 19.6 Å². The number of hydrogen-bond donors (Lipinski definition) is 0. The van der Waals surface area contributed by atoms with Gasteiger partial charge in [-0.05, 0) is 54.9 Å². The molecule has 4 rings (SSSR count). The van der Waals surface area contributed by atoms with E-state index in [9.17, 15) is 0 Å². The van der Waals surface area contributed by atoms with E-state index in [2.05, 4.69) is 67.3 Å². The van der Waals surface area contributed by atoms with Crippen LogP contribution in [-0.2, 0) is 24.4 Å². The highest BCUT2D eigenvalue weighted by atomic mass is 16.5. The summed E-state index contributed by atoms with van der Waals surface area (Å²) in [6.45, 7) is 7.60. The lowest BCUT2D eigenvalue weighted by Gasteiger charge is -2.32. The van der Waals surface area contributed by atoms with E-state index in [-0.39, 0.29) is 0 Å². The maximum atomic E-state index is 5.91. The van der Waals surface area contributed by atoms with Gasteiger partial charge in [0.15, 0.2) is 0 Å². The van der Waals surface area contributed by atoms with Crippen molar-refractivity contribution in [2.75, 3.05) is 0 Å². The molecule has 2 aromatic carbocycles. The van der Waals surface area contributed by atoms with Crippen LogP contribution in [0.25, 0.3) is 0 Å². The Bertz CT molecular complexity index is 686. The van der Waals surface area contributed by atoms with Crippen LogP contribution in [0.3, 0.4) is 0 Å².